The van der Waals surface area contributed by atoms with Crippen molar-refractivity contribution in [1.82, 2.24) is 15.3 Å². The van der Waals surface area contributed by atoms with Gasteiger partial charge in [0, 0.05) is 32.8 Å². The summed E-state index contributed by atoms with van der Waals surface area (Å²) in [5.41, 5.74) is 22.3. The van der Waals surface area contributed by atoms with Crippen molar-refractivity contribution in [2.45, 2.75) is 25.7 Å². The van der Waals surface area contributed by atoms with Gasteiger partial charge in [-0.05, 0) is 32.4 Å². The van der Waals surface area contributed by atoms with E-state index in [1.165, 1.54) is 0 Å². The molecule has 9 N–H and O–H groups in total. The predicted octanol–water partition coefficient (Wildman–Crippen LogP) is -0.869. The number of aromatic nitrogens is 2. The fraction of sp³-hybridized carbons (Fsp3) is 0.760. The summed E-state index contributed by atoms with van der Waals surface area (Å²) in [6, 6.07) is 0. The number of nitrogens with zero attached hydrogens (tertiary/aromatic N) is 2. The fourth-order valence-electron chi connectivity index (χ4n) is 3.06. The lowest BCUT2D eigenvalue weighted by Crippen LogP contribution is -2.30. The summed E-state index contributed by atoms with van der Waals surface area (Å²) in [4.78, 5) is 32.9. The third-order valence-electron chi connectivity index (χ3n) is 5.13. The number of hydrogen-bond acceptors (Lipinski definition) is 14. The predicted molar refractivity (Wildman–Crippen MR) is 149 cm³/mol. The number of nitrogen functional groups attached to an aromatic ring is 2. The summed E-state index contributed by atoms with van der Waals surface area (Å²) in [5.74, 6) is -1.25. The second kappa shape index (κ2) is 24.3. The smallest absolute Gasteiger partial charge is 0.273 e. The van der Waals surface area contributed by atoms with Gasteiger partial charge in [0.05, 0.1) is 59.5 Å². The summed E-state index contributed by atoms with van der Waals surface area (Å²) >= 11 is 0. The Morgan fingerprint density at radius 1 is 0.575 bits per heavy atom. The molecule has 1 aromatic heterocycles. The maximum Gasteiger partial charge on any atom is 0.273 e. The Bertz CT molecular complexity index is 754. The number of hydrogen-bond donors (Lipinski definition) is 5. The lowest BCUT2D eigenvalue weighted by Gasteiger charge is -2.10. The minimum Gasteiger partial charge on any atom is -0.382 e. The molecule has 0 saturated heterocycles. The van der Waals surface area contributed by atoms with Crippen LogP contribution in [0.1, 0.15) is 46.7 Å². The highest BCUT2D eigenvalue weighted by atomic mass is 16.5. The van der Waals surface area contributed by atoms with Gasteiger partial charge in [-0.2, -0.15) is 0 Å². The highest BCUT2D eigenvalue weighted by Crippen LogP contribution is 2.15. The molecule has 230 valence electrons. The van der Waals surface area contributed by atoms with Crippen LogP contribution in [-0.4, -0.2) is 121 Å². The maximum atomic E-state index is 12.5. The molecule has 0 fully saturated rings. The van der Waals surface area contributed by atoms with Crippen molar-refractivity contribution in [2.24, 2.45) is 11.5 Å². The zero-order valence-corrected chi connectivity index (χ0v) is 23.4. The number of nitrogens with two attached hydrogens (primary N) is 4. The molecule has 15 nitrogen and oxygen atoms in total. The molecule has 0 unspecified atom stereocenters. The highest BCUT2D eigenvalue weighted by molar-refractivity contribution is 6.01. The SMILES string of the molecule is NCCCOCCOCCOCCCC(=O)c1nc(N)c(C(=O)NCCOCCOCCOCCCN)nc1N. The van der Waals surface area contributed by atoms with Gasteiger partial charge in [0.25, 0.3) is 5.91 Å². The lowest BCUT2D eigenvalue weighted by atomic mass is 10.1. The van der Waals surface area contributed by atoms with E-state index < -0.39 is 5.91 Å². The van der Waals surface area contributed by atoms with E-state index in [1.54, 1.807) is 0 Å². The number of nitrogens with one attached hydrogen (secondary N) is 1. The summed E-state index contributed by atoms with van der Waals surface area (Å²) in [6.07, 6.45) is 2.25. The number of carbonyl (C=O) groups is 2. The first-order valence-corrected chi connectivity index (χ1v) is 13.6. The van der Waals surface area contributed by atoms with Crippen molar-refractivity contribution in [2.75, 3.05) is 110 Å². The molecular formula is C25H47N7O8. The van der Waals surface area contributed by atoms with E-state index in [1.807, 2.05) is 0 Å². The standard InChI is InChI=1S/C25H47N7O8/c26-5-2-9-36-13-17-39-16-12-35-8-1-4-20(33)21-23(28)32-22(24(29)31-21)25(34)30-7-11-38-15-19-40-18-14-37-10-3-6-27/h1-19,26-27H2,(H2,28,32)(H2,29,31)(H,30,34). The minimum atomic E-state index is -0.567. The maximum absolute atomic E-state index is 12.5. The molecule has 1 aromatic rings. The number of anilines is 2. The van der Waals surface area contributed by atoms with Crippen molar-refractivity contribution in [3.05, 3.63) is 11.4 Å². The summed E-state index contributed by atoms with van der Waals surface area (Å²) in [6.45, 7) is 6.88. The van der Waals surface area contributed by atoms with Crippen molar-refractivity contribution in [3.8, 4) is 0 Å². The molecule has 0 spiro atoms. The van der Waals surface area contributed by atoms with Gasteiger partial charge in [0.1, 0.15) is 0 Å². The van der Waals surface area contributed by atoms with Gasteiger partial charge in [-0.15, -0.1) is 0 Å². The van der Waals surface area contributed by atoms with Gasteiger partial charge in [0.2, 0.25) is 0 Å². The van der Waals surface area contributed by atoms with Gasteiger partial charge in [-0.1, -0.05) is 0 Å². The quantitative estimate of drug-likeness (QED) is 0.0636. The molecule has 1 amide bonds. The van der Waals surface area contributed by atoms with Crippen LogP contribution in [0.15, 0.2) is 0 Å². The van der Waals surface area contributed by atoms with Crippen molar-refractivity contribution >= 4 is 23.3 Å². The molecule has 1 heterocycles. The molecule has 0 radical (unpaired) electrons. The van der Waals surface area contributed by atoms with Crippen LogP contribution in [0, 0.1) is 0 Å². The average Bonchev–Trinajstić information content (AvgIpc) is 2.95. The summed E-state index contributed by atoms with van der Waals surface area (Å²) in [5, 5.41) is 2.63. The van der Waals surface area contributed by atoms with Gasteiger partial charge in [-0.25, -0.2) is 9.97 Å². The van der Waals surface area contributed by atoms with E-state index in [0.29, 0.717) is 92.2 Å². The first-order chi connectivity index (χ1) is 19.5. The van der Waals surface area contributed by atoms with E-state index in [0.717, 1.165) is 12.8 Å². The molecular weight excluding hydrogens is 526 g/mol. The Labute approximate surface area is 235 Å². The number of amides is 1. The van der Waals surface area contributed by atoms with Crippen LogP contribution in [0.5, 0.6) is 0 Å². The van der Waals surface area contributed by atoms with Crippen LogP contribution >= 0.6 is 0 Å². The zero-order chi connectivity index (χ0) is 29.3. The van der Waals surface area contributed by atoms with Crippen LogP contribution in [0.25, 0.3) is 0 Å². The Morgan fingerprint density at radius 2 is 0.975 bits per heavy atom. The van der Waals surface area contributed by atoms with E-state index in [9.17, 15) is 9.59 Å². The largest absolute Gasteiger partial charge is 0.382 e. The first-order valence-electron chi connectivity index (χ1n) is 13.6. The number of rotatable bonds is 27. The van der Waals surface area contributed by atoms with Crippen molar-refractivity contribution < 1.29 is 38.0 Å². The number of ether oxygens (including phenoxy) is 6. The third kappa shape index (κ3) is 17.2. The number of carbonyl (C=O) groups excluding carboxylic acids is 2. The second-order valence-electron chi connectivity index (χ2n) is 8.43. The molecule has 1 rings (SSSR count). The lowest BCUT2D eigenvalue weighted by molar-refractivity contribution is 0.0138. The topological polar surface area (TPSA) is 231 Å². The van der Waals surface area contributed by atoms with E-state index in [-0.39, 0.29) is 48.4 Å². The van der Waals surface area contributed by atoms with Gasteiger partial charge < -0.3 is 56.7 Å². The van der Waals surface area contributed by atoms with E-state index in [2.05, 4.69) is 15.3 Å². The summed E-state index contributed by atoms with van der Waals surface area (Å²) in [7, 11) is 0. The molecule has 0 aliphatic rings. The molecule has 0 bridgehead atoms. The van der Waals surface area contributed by atoms with Gasteiger partial charge in [-0.3, -0.25) is 9.59 Å². The molecule has 0 aromatic carbocycles. The number of ketones is 1. The molecule has 0 atom stereocenters. The third-order valence-corrected chi connectivity index (χ3v) is 5.13. The first kappa shape index (κ1) is 35.5. The summed E-state index contributed by atoms with van der Waals surface area (Å²) < 4.78 is 32.3. The number of Topliss-reactive ketones (excluding diaryl/α,β-unsaturated/α-hetero) is 1. The Morgan fingerprint density at radius 3 is 1.48 bits per heavy atom. The van der Waals surface area contributed by atoms with Crippen LogP contribution in [0.3, 0.4) is 0 Å². The minimum absolute atomic E-state index is 0.0693. The highest BCUT2D eigenvalue weighted by Gasteiger charge is 2.20. The molecule has 0 aliphatic carbocycles. The Hall–Kier alpha value is -2.50. The van der Waals surface area contributed by atoms with Crippen LogP contribution in [0.2, 0.25) is 0 Å². The van der Waals surface area contributed by atoms with Crippen LogP contribution in [0.4, 0.5) is 11.6 Å². The average molecular weight is 574 g/mol. The Kier molecular flexibility index (Phi) is 21.6. The molecule has 40 heavy (non-hydrogen) atoms. The van der Waals surface area contributed by atoms with Crippen molar-refractivity contribution in [3.63, 3.8) is 0 Å². The Balaban J connectivity index is 2.18. The normalized spacial score (nSPS) is 11.2. The van der Waals surface area contributed by atoms with Crippen molar-refractivity contribution in [1.29, 1.82) is 0 Å². The molecule has 0 saturated carbocycles. The van der Waals surface area contributed by atoms with E-state index in [4.69, 9.17) is 51.4 Å². The fourth-order valence-corrected chi connectivity index (χ4v) is 3.06. The monoisotopic (exact) mass is 573 g/mol. The zero-order valence-electron chi connectivity index (χ0n) is 23.4. The van der Waals surface area contributed by atoms with Crippen LogP contribution in [-0.2, 0) is 28.4 Å². The molecule has 15 heteroatoms. The second-order valence-corrected chi connectivity index (χ2v) is 8.43. The van der Waals surface area contributed by atoms with Crippen LogP contribution < -0.4 is 28.3 Å². The van der Waals surface area contributed by atoms with E-state index >= 15 is 0 Å². The molecule has 0 aliphatic heterocycles. The van der Waals surface area contributed by atoms with Gasteiger partial charge >= 0.3 is 0 Å². The van der Waals surface area contributed by atoms with Gasteiger partial charge in [0.15, 0.2) is 28.8 Å².